The molecule has 20 heavy (non-hydrogen) atoms. The highest BCUT2D eigenvalue weighted by molar-refractivity contribution is 7.86. The number of allylic oxidation sites excluding steroid dienone is 1. The molecular formula is C18H32OS. The van der Waals surface area contributed by atoms with Crippen LogP contribution in [0.3, 0.4) is 0 Å². The molecule has 0 aromatic heterocycles. The standard InChI is InChI=1S/C18H32OS/c1-2-3-4-5-6-7-8-9-10-11-16-14-17-12-13-18(15-16)20(17)19/h14,17-18H,2-13,15H2,1H3. The Morgan fingerprint density at radius 3 is 2.30 bits per heavy atom. The molecule has 3 unspecified atom stereocenters. The minimum atomic E-state index is -0.530. The predicted octanol–water partition coefficient (Wildman–Crippen LogP) is 5.52. The molecule has 0 saturated carbocycles. The first-order valence-electron chi connectivity index (χ1n) is 8.90. The molecule has 2 aliphatic rings. The quantitative estimate of drug-likeness (QED) is 0.383. The van der Waals surface area contributed by atoms with Gasteiger partial charge in [-0.3, -0.25) is 4.21 Å². The minimum absolute atomic E-state index is 0.419. The molecule has 0 aromatic carbocycles. The summed E-state index contributed by atoms with van der Waals surface area (Å²) in [6.45, 7) is 2.28. The molecule has 0 N–H and O–H groups in total. The maximum atomic E-state index is 11.9. The van der Waals surface area contributed by atoms with Gasteiger partial charge in [0.1, 0.15) is 0 Å². The zero-order valence-electron chi connectivity index (χ0n) is 13.2. The third kappa shape index (κ3) is 5.02. The van der Waals surface area contributed by atoms with Gasteiger partial charge in [0, 0.05) is 16.0 Å². The smallest absolute Gasteiger partial charge is 0.0533 e. The molecule has 0 aliphatic carbocycles. The molecule has 1 fully saturated rings. The van der Waals surface area contributed by atoms with Gasteiger partial charge in [-0.25, -0.2) is 0 Å². The van der Waals surface area contributed by atoms with Gasteiger partial charge < -0.3 is 0 Å². The van der Waals surface area contributed by atoms with E-state index in [2.05, 4.69) is 13.0 Å². The van der Waals surface area contributed by atoms with Gasteiger partial charge in [-0.1, -0.05) is 69.9 Å². The van der Waals surface area contributed by atoms with Crippen LogP contribution in [0.4, 0.5) is 0 Å². The van der Waals surface area contributed by atoms with Crippen LogP contribution in [0, 0.1) is 0 Å². The van der Waals surface area contributed by atoms with E-state index >= 15 is 0 Å². The fourth-order valence-corrected chi connectivity index (χ4v) is 5.57. The summed E-state index contributed by atoms with van der Waals surface area (Å²) in [7, 11) is -0.530. The Bertz CT molecular complexity index is 334. The van der Waals surface area contributed by atoms with Crippen molar-refractivity contribution in [3.05, 3.63) is 11.6 Å². The third-order valence-corrected chi connectivity index (χ3v) is 6.94. The highest BCUT2D eigenvalue weighted by Crippen LogP contribution is 2.36. The molecule has 2 heterocycles. The summed E-state index contributed by atoms with van der Waals surface area (Å²) in [5.41, 5.74) is 1.63. The molecule has 3 atom stereocenters. The molecule has 0 amide bonds. The molecular weight excluding hydrogens is 264 g/mol. The summed E-state index contributed by atoms with van der Waals surface area (Å²) in [4.78, 5) is 0. The van der Waals surface area contributed by atoms with Gasteiger partial charge in [-0.2, -0.15) is 0 Å². The Labute approximate surface area is 128 Å². The Morgan fingerprint density at radius 1 is 1.00 bits per heavy atom. The van der Waals surface area contributed by atoms with Gasteiger partial charge in [0.15, 0.2) is 0 Å². The highest BCUT2D eigenvalue weighted by Gasteiger charge is 2.35. The van der Waals surface area contributed by atoms with Crippen molar-refractivity contribution >= 4 is 10.8 Å². The van der Waals surface area contributed by atoms with E-state index in [9.17, 15) is 4.21 Å². The van der Waals surface area contributed by atoms with Crippen LogP contribution in [0.5, 0.6) is 0 Å². The first-order chi connectivity index (χ1) is 9.81. The summed E-state index contributed by atoms with van der Waals surface area (Å²) in [6.07, 6.45) is 19.8. The van der Waals surface area contributed by atoms with Crippen LogP contribution in [0.2, 0.25) is 0 Å². The van der Waals surface area contributed by atoms with Crippen LogP contribution in [0.15, 0.2) is 11.6 Å². The number of rotatable bonds is 10. The van der Waals surface area contributed by atoms with Crippen molar-refractivity contribution in [1.82, 2.24) is 0 Å². The van der Waals surface area contributed by atoms with Crippen LogP contribution in [0.1, 0.15) is 90.4 Å². The van der Waals surface area contributed by atoms with Gasteiger partial charge >= 0.3 is 0 Å². The Balaban J connectivity index is 1.48. The summed E-state index contributed by atoms with van der Waals surface area (Å²) >= 11 is 0. The third-order valence-electron chi connectivity index (χ3n) is 4.91. The van der Waals surface area contributed by atoms with E-state index in [4.69, 9.17) is 0 Å². The van der Waals surface area contributed by atoms with Gasteiger partial charge in [-0.05, 0) is 32.1 Å². The number of hydrogen-bond acceptors (Lipinski definition) is 1. The molecule has 1 nitrogen and oxygen atoms in total. The minimum Gasteiger partial charge on any atom is -0.259 e. The lowest BCUT2D eigenvalue weighted by atomic mass is 10.0. The number of hydrogen-bond donors (Lipinski definition) is 0. The second kappa shape index (κ2) is 9.02. The first kappa shape index (κ1) is 16.3. The largest absolute Gasteiger partial charge is 0.259 e. The first-order valence-corrected chi connectivity index (χ1v) is 10.2. The van der Waals surface area contributed by atoms with Gasteiger partial charge in [-0.15, -0.1) is 0 Å². The molecule has 0 aromatic rings. The lowest BCUT2D eigenvalue weighted by molar-refractivity contribution is 0.562. The summed E-state index contributed by atoms with van der Waals surface area (Å²) in [5.74, 6) is 0. The van der Waals surface area contributed by atoms with E-state index in [0.29, 0.717) is 10.5 Å². The molecule has 0 radical (unpaired) electrons. The van der Waals surface area contributed by atoms with Crippen molar-refractivity contribution in [3.8, 4) is 0 Å². The van der Waals surface area contributed by atoms with Crippen molar-refractivity contribution < 1.29 is 4.21 Å². The van der Waals surface area contributed by atoms with Crippen LogP contribution in [-0.4, -0.2) is 14.7 Å². The monoisotopic (exact) mass is 296 g/mol. The van der Waals surface area contributed by atoms with Gasteiger partial charge in [0.25, 0.3) is 0 Å². The van der Waals surface area contributed by atoms with Crippen LogP contribution >= 0.6 is 0 Å². The summed E-state index contributed by atoms with van der Waals surface area (Å²) in [5, 5.41) is 0.931. The highest BCUT2D eigenvalue weighted by atomic mass is 32.2. The average Bonchev–Trinajstić information content (AvgIpc) is 2.67. The van der Waals surface area contributed by atoms with Gasteiger partial charge in [0.05, 0.1) is 5.25 Å². The molecule has 2 aliphatic heterocycles. The zero-order chi connectivity index (χ0) is 14.2. The van der Waals surface area contributed by atoms with Gasteiger partial charge in [0.2, 0.25) is 0 Å². The lowest BCUT2D eigenvalue weighted by Crippen LogP contribution is -2.20. The molecule has 2 heteroatoms. The zero-order valence-corrected chi connectivity index (χ0v) is 14.1. The lowest BCUT2D eigenvalue weighted by Gasteiger charge is -2.19. The van der Waals surface area contributed by atoms with E-state index < -0.39 is 10.8 Å². The Kier molecular flexibility index (Phi) is 7.33. The Hall–Kier alpha value is -0.110. The molecule has 2 rings (SSSR count). The fourth-order valence-electron chi connectivity index (χ4n) is 3.64. The maximum Gasteiger partial charge on any atom is 0.0533 e. The van der Waals surface area contributed by atoms with Crippen molar-refractivity contribution in [2.24, 2.45) is 0 Å². The van der Waals surface area contributed by atoms with E-state index in [1.54, 1.807) is 5.57 Å². The molecule has 1 saturated heterocycles. The van der Waals surface area contributed by atoms with Crippen molar-refractivity contribution in [2.45, 2.75) is 101 Å². The normalized spacial score (nSPS) is 28.6. The molecule has 2 bridgehead atoms. The maximum absolute atomic E-state index is 11.9. The topological polar surface area (TPSA) is 17.1 Å². The van der Waals surface area contributed by atoms with Crippen molar-refractivity contribution in [1.29, 1.82) is 0 Å². The second-order valence-electron chi connectivity index (χ2n) is 6.67. The van der Waals surface area contributed by atoms with E-state index in [0.717, 1.165) is 6.42 Å². The van der Waals surface area contributed by atoms with Crippen molar-refractivity contribution in [3.63, 3.8) is 0 Å². The summed E-state index contributed by atoms with van der Waals surface area (Å²) < 4.78 is 11.9. The number of unbranched alkanes of at least 4 members (excludes halogenated alkanes) is 8. The second-order valence-corrected chi connectivity index (χ2v) is 8.60. The average molecular weight is 297 g/mol. The molecule has 0 spiro atoms. The molecule has 116 valence electrons. The van der Waals surface area contributed by atoms with E-state index in [1.807, 2.05) is 0 Å². The summed E-state index contributed by atoms with van der Waals surface area (Å²) in [6, 6.07) is 0. The van der Waals surface area contributed by atoms with E-state index in [1.165, 1.54) is 77.0 Å². The van der Waals surface area contributed by atoms with Crippen LogP contribution in [-0.2, 0) is 10.8 Å². The van der Waals surface area contributed by atoms with Crippen LogP contribution < -0.4 is 0 Å². The SMILES string of the molecule is CCCCCCCCCCCC1=CC2CCC(C1)S2=O. The van der Waals surface area contributed by atoms with Crippen LogP contribution in [0.25, 0.3) is 0 Å². The van der Waals surface area contributed by atoms with Crippen molar-refractivity contribution in [2.75, 3.05) is 0 Å². The predicted molar refractivity (Wildman–Crippen MR) is 89.5 cm³/mol. The Morgan fingerprint density at radius 2 is 1.65 bits per heavy atom. The van der Waals surface area contributed by atoms with E-state index in [-0.39, 0.29) is 0 Å². The fraction of sp³-hybridized carbons (Fsp3) is 0.889. The number of fused-ring (bicyclic) bond motifs is 2.